The molecule has 39 heavy (non-hydrogen) atoms. The highest BCUT2D eigenvalue weighted by Gasteiger charge is 2.48. The molecular formula is C26H17BrF9NO2. The van der Waals surface area contributed by atoms with Gasteiger partial charge in [0.05, 0.1) is 23.2 Å². The molecule has 0 aromatic heterocycles. The quantitative estimate of drug-likeness (QED) is 0.271. The first kappa shape index (κ1) is 28.8. The first-order valence-electron chi connectivity index (χ1n) is 11.1. The summed E-state index contributed by atoms with van der Waals surface area (Å²) in [5, 5.41) is 0. The first-order valence-corrected chi connectivity index (χ1v) is 11.9. The SMILES string of the molecule is CC1(c2cc(C(F)(F)F)cc(C(F)(F)F)c2)COC(=O)N1Cc1cc(C(F)(F)F)ccc1-c1cccc(Br)c1. The Labute approximate surface area is 224 Å². The highest BCUT2D eigenvalue weighted by Crippen LogP contribution is 2.43. The average Bonchev–Trinajstić information content (AvgIpc) is 3.12. The summed E-state index contributed by atoms with van der Waals surface area (Å²) in [4.78, 5) is 13.6. The normalized spacial score (nSPS) is 18.4. The maximum atomic E-state index is 13.6. The topological polar surface area (TPSA) is 29.5 Å². The summed E-state index contributed by atoms with van der Waals surface area (Å²) < 4.78 is 127. The molecule has 3 aromatic rings. The van der Waals surface area contributed by atoms with Gasteiger partial charge in [-0.15, -0.1) is 0 Å². The fourth-order valence-corrected chi connectivity index (χ4v) is 4.71. The van der Waals surface area contributed by atoms with E-state index in [0.717, 1.165) is 17.0 Å². The lowest BCUT2D eigenvalue weighted by atomic mass is 9.87. The highest BCUT2D eigenvalue weighted by atomic mass is 79.9. The van der Waals surface area contributed by atoms with E-state index in [0.29, 0.717) is 22.2 Å². The lowest BCUT2D eigenvalue weighted by Crippen LogP contribution is -2.42. The summed E-state index contributed by atoms with van der Waals surface area (Å²) in [6.07, 6.45) is -16.2. The zero-order chi connectivity index (χ0) is 29.0. The van der Waals surface area contributed by atoms with E-state index < -0.39 is 65.6 Å². The summed E-state index contributed by atoms with van der Waals surface area (Å²) in [6.45, 7) is -0.0335. The second kappa shape index (κ2) is 9.76. The van der Waals surface area contributed by atoms with Crippen molar-refractivity contribution in [3.63, 3.8) is 0 Å². The maximum Gasteiger partial charge on any atom is 0.416 e. The van der Waals surface area contributed by atoms with E-state index in [2.05, 4.69) is 15.9 Å². The summed E-state index contributed by atoms with van der Waals surface area (Å²) in [6, 6.07) is 10.2. The van der Waals surface area contributed by atoms with Gasteiger partial charge < -0.3 is 4.74 Å². The van der Waals surface area contributed by atoms with E-state index in [1.165, 1.54) is 13.0 Å². The third-order valence-corrected chi connectivity index (χ3v) is 6.89. The molecule has 13 heteroatoms. The van der Waals surface area contributed by atoms with Crippen LogP contribution in [0.4, 0.5) is 44.3 Å². The van der Waals surface area contributed by atoms with Crippen LogP contribution >= 0.6 is 15.9 Å². The number of ether oxygens (including phenoxy) is 1. The number of carbonyl (C=O) groups is 1. The second-order valence-corrected chi connectivity index (χ2v) is 10.0. The van der Waals surface area contributed by atoms with Gasteiger partial charge in [0.25, 0.3) is 0 Å². The van der Waals surface area contributed by atoms with Crippen molar-refractivity contribution in [3.8, 4) is 11.1 Å². The van der Waals surface area contributed by atoms with E-state index in [1.807, 2.05) is 0 Å². The average molecular weight is 626 g/mol. The van der Waals surface area contributed by atoms with Gasteiger partial charge in [-0.05, 0) is 71.6 Å². The molecule has 1 amide bonds. The Morgan fingerprint density at radius 3 is 1.95 bits per heavy atom. The predicted molar refractivity (Wildman–Crippen MR) is 125 cm³/mol. The molecule has 1 fully saturated rings. The Bertz CT molecular complexity index is 1380. The number of hydrogen-bond acceptors (Lipinski definition) is 2. The van der Waals surface area contributed by atoms with Gasteiger partial charge in [-0.3, -0.25) is 4.90 Å². The van der Waals surface area contributed by atoms with Gasteiger partial charge >= 0.3 is 24.6 Å². The molecule has 0 N–H and O–H groups in total. The molecule has 0 bridgehead atoms. The largest absolute Gasteiger partial charge is 0.447 e. The number of cyclic esters (lactones) is 1. The molecule has 1 aliphatic rings. The van der Waals surface area contributed by atoms with Crippen LogP contribution in [-0.2, 0) is 35.3 Å². The highest BCUT2D eigenvalue weighted by molar-refractivity contribution is 9.10. The molecule has 1 heterocycles. The Balaban J connectivity index is 1.87. The van der Waals surface area contributed by atoms with Gasteiger partial charge in [0, 0.05) is 4.47 Å². The number of hydrogen-bond donors (Lipinski definition) is 0. The third kappa shape index (κ3) is 5.87. The Hall–Kier alpha value is -3.22. The molecule has 0 radical (unpaired) electrons. The van der Waals surface area contributed by atoms with Crippen LogP contribution in [-0.4, -0.2) is 17.6 Å². The fraction of sp³-hybridized carbons (Fsp3) is 0.269. The molecule has 3 nitrogen and oxygen atoms in total. The molecule has 1 atom stereocenters. The summed E-state index contributed by atoms with van der Waals surface area (Å²) in [7, 11) is 0. The monoisotopic (exact) mass is 625 g/mol. The van der Waals surface area contributed by atoms with Crippen molar-refractivity contribution in [2.75, 3.05) is 6.61 Å². The molecule has 3 aromatic carbocycles. The van der Waals surface area contributed by atoms with Crippen LogP contribution in [0.5, 0.6) is 0 Å². The van der Waals surface area contributed by atoms with E-state index in [9.17, 15) is 44.3 Å². The smallest absolute Gasteiger partial charge is 0.416 e. The van der Waals surface area contributed by atoms with Crippen LogP contribution in [0.3, 0.4) is 0 Å². The number of rotatable bonds is 4. The second-order valence-electron chi connectivity index (χ2n) is 9.09. The zero-order valence-electron chi connectivity index (χ0n) is 19.7. The molecular weight excluding hydrogens is 609 g/mol. The lowest BCUT2D eigenvalue weighted by molar-refractivity contribution is -0.143. The number of halogens is 10. The number of alkyl halides is 9. The first-order chi connectivity index (χ1) is 17.9. The van der Waals surface area contributed by atoms with Crippen molar-refractivity contribution in [2.45, 2.75) is 37.5 Å². The standard InChI is InChI=1S/C26H17BrF9NO2/c1-23(17-9-18(25(31,32)33)11-19(10-17)26(34,35)36)13-39-22(38)37(23)12-15-7-16(24(28,29)30)5-6-21(15)14-3-2-4-20(27)8-14/h2-11H,12-13H2,1H3. The van der Waals surface area contributed by atoms with Crippen LogP contribution in [0.15, 0.2) is 65.1 Å². The summed E-state index contributed by atoms with van der Waals surface area (Å²) in [5.41, 5.74) is -5.97. The van der Waals surface area contributed by atoms with Gasteiger partial charge in [-0.25, -0.2) is 4.79 Å². The molecule has 0 aliphatic carbocycles. The minimum absolute atomic E-state index is 0.0454. The van der Waals surface area contributed by atoms with Crippen LogP contribution in [0, 0.1) is 0 Å². The Morgan fingerprint density at radius 2 is 1.41 bits per heavy atom. The molecule has 1 aliphatic heterocycles. The van der Waals surface area contributed by atoms with E-state index in [-0.39, 0.29) is 17.2 Å². The van der Waals surface area contributed by atoms with Crippen molar-refractivity contribution in [3.05, 3.63) is 93.0 Å². The number of carbonyl (C=O) groups excluding carboxylic acids is 1. The minimum atomic E-state index is -5.14. The molecule has 4 rings (SSSR count). The van der Waals surface area contributed by atoms with Crippen molar-refractivity contribution < 1.29 is 49.0 Å². The molecule has 0 saturated carbocycles. The molecule has 1 unspecified atom stereocenters. The van der Waals surface area contributed by atoms with Gasteiger partial charge in [0.15, 0.2) is 0 Å². The summed E-state index contributed by atoms with van der Waals surface area (Å²) in [5.74, 6) is 0. The summed E-state index contributed by atoms with van der Waals surface area (Å²) >= 11 is 3.27. The van der Waals surface area contributed by atoms with Gasteiger partial charge in [-0.2, -0.15) is 39.5 Å². The van der Waals surface area contributed by atoms with Crippen molar-refractivity contribution in [2.24, 2.45) is 0 Å². The van der Waals surface area contributed by atoms with Crippen LogP contribution in [0.25, 0.3) is 11.1 Å². The van der Waals surface area contributed by atoms with Crippen LogP contribution < -0.4 is 0 Å². The van der Waals surface area contributed by atoms with E-state index in [4.69, 9.17) is 4.74 Å². The minimum Gasteiger partial charge on any atom is -0.447 e. The molecule has 1 saturated heterocycles. The third-order valence-electron chi connectivity index (χ3n) is 6.40. The van der Waals surface area contributed by atoms with E-state index >= 15 is 0 Å². The number of benzene rings is 3. The Kier molecular flexibility index (Phi) is 7.20. The number of amides is 1. The van der Waals surface area contributed by atoms with Gasteiger partial charge in [-0.1, -0.05) is 34.1 Å². The zero-order valence-corrected chi connectivity index (χ0v) is 21.3. The predicted octanol–water partition coefficient (Wildman–Crippen LogP) is 9.04. The van der Waals surface area contributed by atoms with Crippen molar-refractivity contribution in [1.82, 2.24) is 4.90 Å². The molecule has 208 valence electrons. The number of nitrogens with zero attached hydrogens (tertiary/aromatic N) is 1. The van der Waals surface area contributed by atoms with Crippen LogP contribution in [0.2, 0.25) is 0 Å². The van der Waals surface area contributed by atoms with E-state index in [1.54, 1.807) is 24.3 Å². The lowest BCUT2D eigenvalue weighted by Gasteiger charge is -2.34. The van der Waals surface area contributed by atoms with Crippen LogP contribution in [0.1, 0.15) is 34.7 Å². The molecule has 0 spiro atoms. The van der Waals surface area contributed by atoms with Crippen molar-refractivity contribution in [1.29, 1.82) is 0 Å². The Morgan fingerprint density at radius 1 is 0.821 bits per heavy atom. The maximum absolute atomic E-state index is 13.6. The van der Waals surface area contributed by atoms with Gasteiger partial charge in [0.2, 0.25) is 0 Å². The van der Waals surface area contributed by atoms with Crippen molar-refractivity contribution >= 4 is 22.0 Å². The fourth-order valence-electron chi connectivity index (χ4n) is 4.31. The van der Waals surface area contributed by atoms with Gasteiger partial charge in [0.1, 0.15) is 12.1 Å².